The summed E-state index contributed by atoms with van der Waals surface area (Å²) in [7, 11) is 0. The number of aryl methyl sites for hydroxylation is 1. The minimum Gasteiger partial charge on any atom is -0.393 e. The zero-order chi connectivity index (χ0) is 22.2. The van der Waals surface area contributed by atoms with Crippen LogP contribution in [0.15, 0.2) is 48.9 Å². The first-order valence-corrected chi connectivity index (χ1v) is 11.4. The third kappa shape index (κ3) is 4.00. The summed E-state index contributed by atoms with van der Waals surface area (Å²) < 4.78 is 2.15. The van der Waals surface area contributed by atoms with Crippen molar-refractivity contribution >= 4 is 33.6 Å². The van der Waals surface area contributed by atoms with Crippen molar-refractivity contribution in [2.45, 2.75) is 57.7 Å². The third-order valence-electron chi connectivity index (χ3n) is 6.56. The Bertz CT molecular complexity index is 1250. The lowest BCUT2D eigenvalue weighted by Gasteiger charge is -2.15. The number of nitrogen functional groups attached to an aromatic ring is 1. The second kappa shape index (κ2) is 8.39. The highest BCUT2D eigenvalue weighted by atomic mass is 16.3. The molecule has 4 aromatic rings. The van der Waals surface area contributed by atoms with Crippen LogP contribution in [0.5, 0.6) is 0 Å². The number of nitrogens with zero attached hydrogens (tertiary/aromatic N) is 4. The van der Waals surface area contributed by atoms with E-state index in [1.54, 1.807) is 0 Å². The van der Waals surface area contributed by atoms with E-state index in [0.717, 1.165) is 53.4 Å². The van der Waals surface area contributed by atoms with E-state index in [4.69, 9.17) is 10.7 Å². The number of aromatic nitrogens is 4. The van der Waals surface area contributed by atoms with Crippen molar-refractivity contribution in [3.8, 4) is 0 Å². The predicted molar refractivity (Wildman–Crippen MR) is 129 cm³/mol. The molecule has 5 rings (SSSR count). The monoisotopic (exact) mass is 430 g/mol. The lowest BCUT2D eigenvalue weighted by Crippen LogP contribution is -2.13. The zero-order valence-corrected chi connectivity index (χ0v) is 18.6. The molecule has 7 nitrogen and oxygen atoms in total. The van der Waals surface area contributed by atoms with Gasteiger partial charge in [0.05, 0.1) is 17.0 Å². The van der Waals surface area contributed by atoms with E-state index >= 15 is 0 Å². The predicted octanol–water partition coefficient (Wildman–Crippen LogP) is 4.33. The molecule has 0 saturated heterocycles. The van der Waals surface area contributed by atoms with Crippen LogP contribution in [0.2, 0.25) is 0 Å². The highest BCUT2D eigenvalue weighted by molar-refractivity contribution is 5.86. The van der Waals surface area contributed by atoms with Crippen molar-refractivity contribution in [3.63, 3.8) is 0 Å². The van der Waals surface area contributed by atoms with Gasteiger partial charge in [0.25, 0.3) is 0 Å². The first-order chi connectivity index (χ1) is 15.5. The van der Waals surface area contributed by atoms with Crippen molar-refractivity contribution < 1.29 is 5.11 Å². The summed E-state index contributed by atoms with van der Waals surface area (Å²) in [6.07, 6.45) is 6.77. The minimum atomic E-state index is -0.308. The van der Waals surface area contributed by atoms with Crippen molar-refractivity contribution in [1.82, 2.24) is 19.5 Å². The number of aliphatic hydroxyl groups excluding tert-OH is 1. The van der Waals surface area contributed by atoms with Gasteiger partial charge in [-0.25, -0.2) is 15.0 Å². The van der Waals surface area contributed by atoms with Crippen LogP contribution in [0.1, 0.15) is 44.7 Å². The number of rotatable bonds is 6. The van der Waals surface area contributed by atoms with Crippen LogP contribution in [0.25, 0.3) is 21.9 Å². The van der Waals surface area contributed by atoms with E-state index in [9.17, 15) is 5.11 Å². The van der Waals surface area contributed by atoms with E-state index in [0.29, 0.717) is 11.9 Å². The van der Waals surface area contributed by atoms with Gasteiger partial charge in [0.15, 0.2) is 0 Å². The van der Waals surface area contributed by atoms with Gasteiger partial charge in [-0.3, -0.25) is 0 Å². The average molecular weight is 431 g/mol. The number of fused-ring (bicyclic) bond motifs is 2. The Labute approximate surface area is 187 Å². The molecule has 4 N–H and O–H groups in total. The first-order valence-electron chi connectivity index (χ1n) is 11.4. The maximum Gasteiger partial charge on any atom is 0.145 e. The summed E-state index contributed by atoms with van der Waals surface area (Å²) in [5.74, 6) is 1.66. The van der Waals surface area contributed by atoms with E-state index in [2.05, 4.69) is 58.0 Å². The van der Waals surface area contributed by atoms with Crippen LogP contribution < -0.4 is 11.1 Å². The normalized spacial score (nSPS) is 21.1. The van der Waals surface area contributed by atoms with Crippen LogP contribution in [-0.4, -0.2) is 36.8 Å². The van der Waals surface area contributed by atoms with Gasteiger partial charge in [0.2, 0.25) is 0 Å². The summed E-state index contributed by atoms with van der Waals surface area (Å²) in [6.45, 7) is 4.22. The van der Waals surface area contributed by atoms with Crippen molar-refractivity contribution in [1.29, 1.82) is 0 Å². The molecule has 1 aliphatic carbocycles. The second-order valence-electron chi connectivity index (χ2n) is 9.23. The lowest BCUT2D eigenvalue weighted by molar-refractivity contribution is 0.127. The Hall–Kier alpha value is -3.19. The van der Waals surface area contributed by atoms with Gasteiger partial charge < -0.3 is 20.7 Å². The Kier molecular flexibility index (Phi) is 5.43. The molecule has 0 amide bonds. The molecule has 166 valence electrons. The smallest absolute Gasteiger partial charge is 0.145 e. The molecule has 3 atom stereocenters. The summed E-state index contributed by atoms with van der Waals surface area (Å²) >= 11 is 0. The molecule has 0 radical (unpaired) electrons. The molecule has 7 heteroatoms. The molecule has 3 heterocycles. The Morgan fingerprint density at radius 1 is 1.16 bits per heavy atom. The van der Waals surface area contributed by atoms with Crippen LogP contribution in [-0.2, 0) is 6.42 Å². The molecule has 1 aromatic carbocycles. The molecular weight excluding hydrogens is 400 g/mol. The number of pyridine rings is 1. The summed E-state index contributed by atoms with van der Waals surface area (Å²) in [4.78, 5) is 13.3. The van der Waals surface area contributed by atoms with Gasteiger partial charge in [-0.05, 0) is 75.3 Å². The summed E-state index contributed by atoms with van der Waals surface area (Å²) in [5, 5.41) is 16.2. The molecule has 0 spiro atoms. The fourth-order valence-corrected chi connectivity index (χ4v) is 4.94. The van der Waals surface area contributed by atoms with Crippen molar-refractivity contribution in [2.75, 3.05) is 11.1 Å². The lowest BCUT2D eigenvalue weighted by atomic mass is 9.96. The Morgan fingerprint density at radius 2 is 2.00 bits per heavy atom. The Morgan fingerprint density at radius 3 is 2.84 bits per heavy atom. The third-order valence-corrected chi connectivity index (χ3v) is 6.56. The number of aliphatic hydroxyl groups is 1. The molecule has 0 bridgehead atoms. The van der Waals surface area contributed by atoms with E-state index in [1.807, 2.05) is 18.3 Å². The number of hydrogen-bond donors (Lipinski definition) is 3. The fourth-order valence-electron chi connectivity index (χ4n) is 4.94. The van der Waals surface area contributed by atoms with Crippen molar-refractivity contribution in [3.05, 3.63) is 54.5 Å². The van der Waals surface area contributed by atoms with Gasteiger partial charge in [0.1, 0.15) is 23.6 Å². The molecular formula is C25H30N6O. The number of nitrogens with two attached hydrogens (primary N) is 1. The van der Waals surface area contributed by atoms with Crippen LogP contribution in [0, 0.1) is 5.92 Å². The molecule has 3 aromatic heterocycles. The fraction of sp³-hybridized carbons (Fsp3) is 0.400. The average Bonchev–Trinajstić information content (AvgIpc) is 3.35. The SMILES string of the molecule is CC(C)Nc1ccc2ccc(CCC3CC(n4ccc5c(N)ncnc54)CC3O)cc2n1. The number of hydrogen-bond acceptors (Lipinski definition) is 6. The first kappa shape index (κ1) is 20.7. The number of benzene rings is 1. The van der Waals surface area contributed by atoms with Gasteiger partial charge in [-0.1, -0.05) is 12.1 Å². The highest BCUT2D eigenvalue weighted by Gasteiger charge is 2.34. The summed E-state index contributed by atoms with van der Waals surface area (Å²) in [5.41, 5.74) is 9.10. The van der Waals surface area contributed by atoms with E-state index in [-0.39, 0.29) is 18.1 Å². The molecule has 0 aliphatic heterocycles. The van der Waals surface area contributed by atoms with Crippen molar-refractivity contribution in [2.24, 2.45) is 5.92 Å². The molecule has 32 heavy (non-hydrogen) atoms. The Balaban J connectivity index is 1.28. The van der Waals surface area contributed by atoms with Crippen LogP contribution >= 0.6 is 0 Å². The second-order valence-corrected chi connectivity index (χ2v) is 9.23. The quantitative estimate of drug-likeness (QED) is 0.421. The number of nitrogens with one attached hydrogen (secondary N) is 1. The molecule has 1 fully saturated rings. The topological polar surface area (TPSA) is 102 Å². The van der Waals surface area contributed by atoms with E-state index < -0.39 is 0 Å². The van der Waals surface area contributed by atoms with E-state index in [1.165, 1.54) is 11.9 Å². The largest absolute Gasteiger partial charge is 0.393 e. The molecule has 1 aliphatic rings. The minimum absolute atomic E-state index is 0.227. The standard InChI is InChI=1S/C25H30N6O/c1-15(2)29-23-8-7-17-5-3-16(11-21(17)30-23)4-6-18-12-19(13-22(18)32)31-10-9-20-24(26)27-14-28-25(20)31/h3,5,7-11,14-15,18-19,22,32H,4,6,12-13H2,1-2H3,(H,29,30)(H2,26,27,28). The molecule has 3 unspecified atom stereocenters. The maximum atomic E-state index is 10.8. The molecule has 1 saturated carbocycles. The van der Waals surface area contributed by atoms with Crippen LogP contribution in [0.3, 0.4) is 0 Å². The zero-order valence-electron chi connectivity index (χ0n) is 18.6. The highest BCUT2D eigenvalue weighted by Crippen LogP contribution is 2.39. The van der Waals surface area contributed by atoms with Gasteiger partial charge >= 0.3 is 0 Å². The van der Waals surface area contributed by atoms with Gasteiger partial charge in [0, 0.05) is 23.7 Å². The summed E-state index contributed by atoms with van der Waals surface area (Å²) in [6, 6.07) is 13.2. The van der Waals surface area contributed by atoms with Gasteiger partial charge in [-0.15, -0.1) is 0 Å². The maximum absolute atomic E-state index is 10.8. The van der Waals surface area contributed by atoms with Crippen LogP contribution in [0.4, 0.5) is 11.6 Å². The number of anilines is 2. The van der Waals surface area contributed by atoms with Gasteiger partial charge in [-0.2, -0.15) is 0 Å².